The number of methoxy groups -OCH3 is 1. The Morgan fingerprint density at radius 2 is 1.97 bits per heavy atom. The summed E-state index contributed by atoms with van der Waals surface area (Å²) in [6, 6.07) is 9.67. The van der Waals surface area contributed by atoms with Crippen molar-refractivity contribution in [1.82, 2.24) is 0 Å². The highest BCUT2D eigenvalue weighted by molar-refractivity contribution is 5.86. The number of ketones is 1. The first kappa shape index (κ1) is 22.5. The number of rotatable bonds is 11. The summed E-state index contributed by atoms with van der Waals surface area (Å²) in [5, 5.41) is 19.2. The lowest BCUT2D eigenvalue weighted by Gasteiger charge is -2.15. The molecule has 29 heavy (non-hydrogen) atoms. The molecule has 6 heteroatoms. The number of hydrogen-bond donors (Lipinski definition) is 2. The van der Waals surface area contributed by atoms with Gasteiger partial charge in [0.05, 0.1) is 13.7 Å². The van der Waals surface area contributed by atoms with E-state index in [1.165, 1.54) is 0 Å². The molecule has 0 aromatic heterocycles. The van der Waals surface area contributed by atoms with Crippen LogP contribution in [0.2, 0.25) is 0 Å². The molecule has 2 atom stereocenters. The van der Waals surface area contributed by atoms with Gasteiger partial charge in [0.1, 0.15) is 17.3 Å². The van der Waals surface area contributed by atoms with Crippen LogP contribution in [0, 0.1) is 11.8 Å². The van der Waals surface area contributed by atoms with Gasteiger partial charge >= 0.3 is 5.97 Å². The van der Waals surface area contributed by atoms with E-state index in [0.29, 0.717) is 19.4 Å². The van der Waals surface area contributed by atoms with Gasteiger partial charge in [0.25, 0.3) is 0 Å². The van der Waals surface area contributed by atoms with Gasteiger partial charge < -0.3 is 19.7 Å². The van der Waals surface area contributed by atoms with E-state index in [4.69, 9.17) is 4.74 Å². The monoisotopic (exact) mass is 402 g/mol. The average Bonchev–Trinajstić information content (AvgIpc) is 3.09. The Morgan fingerprint density at radius 3 is 2.69 bits per heavy atom. The summed E-state index contributed by atoms with van der Waals surface area (Å²) in [6.07, 6.45) is 8.71. The summed E-state index contributed by atoms with van der Waals surface area (Å²) in [5.74, 6) is -0.682. The van der Waals surface area contributed by atoms with Crippen molar-refractivity contribution in [2.45, 2.75) is 44.9 Å². The summed E-state index contributed by atoms with van der Waals surface area (Å²) >= 11 is 0. The second-order valence-corrected chi connectivity index (χ2v) is 7.19. The molecule has 0 unspecified atom stereocenters. The lowest BCUT2D eigenvalue weighted by Crippen LogP contribution is -2.13. The summed E-state index contributed by atoms with van der Waals surface area (Å²) in [4.78, 5) is 23.4. The van der Waals surface area contributed by atoms with Gasteiger partial charge in [-0.3, -0.25) is 4.79 Å². The Hall–Kier alpha value is -2.76. The summed E-state index contributed by atoms with van der Waals surface area (Å²) < 4.78 is 10.0. The molecule has 0 bridgehead atoms. The molecule has 158 valence electrons. The van der Waals surface area contributed by atoms with E-state index >= 15 is 0 Å². The van der Waals surface area contributed by atoms with Crippen LogP contribution in [-0.4, -0.2) is 35.7 Å². The smallest absolute Gasteiger partial charge is 0.376 e. The molecule has 1 aliphatic rings. The predicted octanol–water partition coefficient (Wildman–Crippen LogP) is 4.67. The molecule has 0 heterocycles. The molecule has 6 nitrogen and oxygen atoms in total. The van der Waals surface area contributed by atoms with Gasteiger partial charge in [-0.15, -0.1) is 0 Å². The summed E-state index contributed by atoms with van der Waals surface area (Å²) in [7, 11) is 1.14. The third-order valence-corrected chi connectivity index (χ3v) is 5.16. The van der Waals surface area contributed by atoms with Crippen LogP contribution in [0.25, 0.3) is 0 Å². The van der Waals surface area contributed by atoms with Crippen molar-refractivity contribution in [3.63, 3.8) is 0 Å². The third kappa shape index (κ3) is 7.29. The number of Topliss-reactive ketones (excluding diaryl/α,β-unsaturated/α-hetero) is 1. The number of aliphatic hydroxyl groups excluding tert-OH is 2. The van der Waals surface area contributed by atoms with Gasteiger partial charge in [0.2, 0.25) is 5.76 Å². The lowest BCUT2D eigenvalue weighted by atomic mass is 9.89. The Morgan fingerprint density at radius 1 is 1.21 bits per heavy atom. The fourth-order valence-electron chi connectivity index (χ4n) is 3.56. The van der Waals surface area contributed by atoms with Crippen molar-refractivity contribution in [3.8, 4) is 5.75 Å². The van der Waals surface area contributed by atoms with E-state index in [1.807, 2.05) is 30.3 Å². The largest absolute Gasteiger partial charge is 0.508 e. The first-order valence-electron chi connectivity index (χ1n) is 10.1. The van der Waals surface area contributed by atoms with E-state index in [0.717, 1.165) is 38.5 Å². The van der Waals surface area contributed by atoms with Crippen molar-refractivity contribution >= 4 is 11.8 Å². The van der Waals surface area contributed by atoms with Gasteiger partial charge in [0, 0.05) is 18.8 Å². The number of benzene rings is 1. The molecule has 0 spiro atoms. The number of para-hydroxylation sites is 1. The first-order chi connectivity index (χ1) is 14.0. The minimum atomic E-state index is -0.949. The summed E-state index contributed by atoms with van der Waals surface area (Å²) in [5.41, 5.74) is 0. The minimum absolute atomic E-state index is 0.00150. The number of aliphatic hydroxyl groups is 2. The molecule has 1 fully saturated rings. The fourth-order valence-corrected chi connectivity index (χ4v) is 3.56. The maximum Gasteiger partial charge on any atom is 0.376 e. The van der Waals surface area contributed by atoms with Crippen LogP contribution in [0.15, 0.2) is 54.0 Å². The van der Waals surface area contributed by atoms with Crippen molar-refractivity contribution in [3.05, 3.63) is 54.0 Å². The molecule has 0 saturated heterocycles. The molecule has 2 N–H and O–H groups in total. The van der Waals surface area contributed by atoms with E-state index < -0.39 is 11.7 Å². The van der Waals surface area contributed by atoms with Gasteiger partial charge in [-0.05, 0) is 43.7 Å². The van der Waals surface area contributed by atoms with E-state index in [-0.39, 0.29) is 29.8 Å². The van der Waals surface area contributed by atoms with Crippen molar-refractivity contribution in [2.24, 2.45) is 11.8 Å². The number of carbonyl (C=O) groups excluding carboxylic acids is 2. The van der Waals surface area contributed by atoms with Crippen LogP contribution < -0.4 is 4.74 Å². The van der Waals surface area contributed by atoms with E-state index in [9.17, 15) is 19.8 Å². The first-order valence-corrected chi connectivity index (χ1v) is 10.1. The number of unbranched alkanes of at least 4 members (excludes halogenated alkanes) is 1. The van der Waals surface area contributed by atoms with Gasteiger partial charge in [-0.1, -0.05) is 36.8 Å². The second kappa shape index (κ2) is 11.9. The summed E-state index contributed by atoms with van der Waals surface area (Å²) in [6.45, 7) is 0.598. The highest BCUT2D eigenvalue weighted by Gasteiger charge is 2.32. The third-order valence-electron chi connectivity index (χ3n) is 5.16. The standard InChI is InChI=1S/C23H30O6/c1-28-23(27)22(26)21(25)13-6-5-12-19-17(14-15-20(19)24)9-7-8-16-29-18-10-3-2-4-11-18/h2-4,7,9-11,17,19,25-26H,5-6,8,12-16H2,1H3/b9-7+,22-21+/t17-,19+/m0/s1. The predicted molar refractivity (Wildman–Crippen MR) is 110 cm³/mol. The van der Waals surface area contributed by atoms with Crippen LogP contribution in [0.4, 0.5) is 0 Å². The molecule has 0 amide bonds. The zero-order chi connectivity index (χ0) is 21.1. The van der Waals surface area contributed by atoms with Crippen LogP contribution in [0.1, 0.15) is 44.9 Å². The molecule has 0 aliphatic heterocycles. The zero-order valence-corrected chi connectivity index (χ0v) is 16.9. The van der Waals surface area contributed by atoms with Crippen molar-refractivity contribution < 1.29 is 29.3 Å². The normalized spacial score (nSPS) is 20.0. The molecule has 1 aromatic carbocycles. The van der Waals surface area contributed by atoms with E-state index in [1.54, 1.807) is 0 Å². The maximum absolute atomic E-state index is 12.2. The van der Waals surface area contributed by atoms with Gasteiger partial charge in [-0.25, -0.2) is 4.79 Å². The molecule has 1 saturated carbocycles. The average molecular weight is 402 g/mol. The number of ether oxygens (including phenoxy) is 2. The highest BCUT2D eigenvalue weighted by Crippen LogP contribution is 2.34. The number of allylic oxidation sites excluding steroid dienone is 2. The Labute approximate surface area is 171 Å². The Balaban J connectivity index is 1.71. The van der Waals surface area contributed by atoms with E-state index in [2.05, 4.69) is 16.9 Å². The lowest BCUT2D eigenvalue weighted by molar-refractivity contribution is -0.139. The van der Waals surface area contributed by atoms with Gasteiger partial charge in [-0.2, -0.15) is 0 Å². The Bertz CT molecular complexity index is 722. The molecular formula is C23H30O6. The SMILES string of the molecule is COC(=O)/C(O)=C(\O)CCCC[C@H]1C(=O)CC[C@@H]1/C=C/CCOc1ccccc1. The second-order valence-electron chi connectivity index (χ2n) is 7.19. The number of hydrogen-bond acceptors (Lipinski definition) is 6. The van der Waals surface area contributed by atoms with Crippen LogP contribution in [0.5, 0.6) is 5.75 Å². The zero-order valence-electron chi connectivity index (χ0n) is 16.9. The van der Waals surface area contributed by atoms with Crippen LogP contribution in [0.3, 0.4) is 0 Å². The fraction of sp³-hybridized carbons (Fsp3) is 0.478. The number of esters is 1. The van der Waals surface area contributed by atoms with Gasteiger partial charge in [0.15, 0.2) is 0 Å². The molecule has 2 rings (SSSR count). The molecule has 0 radical (unpaired) electrons. The maximum atomic E-state index is 12.2. The molecular weight excluding hydrogens is 372 g/mol. The quantitative estimate of drug-likeness (QED) is 0.184. The Kier molecular flexibility index (Phi) is 9.28. The highest BCUT2D eigenvalue weighted by atomic mass is 16.5. The number of carbonyl (C=O) groups is 2. The van der Waals surface area contributed by atoms with Crippen LogP contribution in [-0.2, 0) is 14.3 Å². The molecule has 1 aliphatic carbocycles. The minimum Gasteiger partial charge on any atom is -0.508 e. The van der Waals surface area contributed by atoms with Crippen LogP contribution >= 0.6 is 0 Å². The topological polar surface area (TPSA) is 93.1 Å². The molecule has 1 aromatic rings. The van der Waals surface area contributed by atoms with Crippen molar-refractivity contribution in [1.29, 1.82) is 0 Å². The van der Waals surface area contributed by atoms with Crippen molar-refractivity contribution in [2.75, 3.05) is 13.7 Å².